The van der Waals surface area contributed by atoms with Crippen molar-refractivity contribution in [1.82, 2.24) is 0 Å². The van der Waals surface area contributed by atoms with E-state index in [4.69, 9.17) is 0 Å². The molecule has 0 spiro atoms. The number of aliphatic hydroxyl groups is 2. The molecule has 0 radical (unpaired) electrons. The summed E-state index contributed by atoms with van der Waals surface area (Å²) in [6, 6.07) is 0. The first-order valence-electron chi connectivity index (χ1n) is 15.4. The summed E-state index contributed by atoms with van der Waals surface area (Å²) < 4.78 is 0. The first-order valence-corrected chi connectivity index (χ1v) is 15.4. The second-order valence-electron chi connectivity index (χ2n) is 13.7. The molecule has 2 N–H and O–H groups in total. The van der Waals surface area contributed by atoms with Gasteiger partial charge in [-0.15, -0.1) is 0 Å². The van der Waals surface area contributed by atoms with E-state index in [1.807, 2.05) is 6.08 Å². The summed E-state index contributed by atoms with van der Waals surface area (Å²) in [6.07, 6.45) is 33.8. The number of aliphatic hydroxyl groups excluding tert-OH is 2. The van der Waals surface area contributed by atoms with Crippen LogP contribution in [0.15, 0.2) is 130 Å². The van der Waals surface area contributed by atoms with Crippen molar-refractivity contribution in [1.29, 1.82) is 0 Å². The van der Waals surface area contributed by atoms with Gasteiger partial charge in [0.15, 0.2) is 0 Å². The van der Waals surface area contributed by atoms with Crippen molar-refractivity contribution in [3.05, 3.63) is 130 Å². The quantitative estimate of drug-likeness (QED) is 0.203. The molecular weight excluding hydrogens is 512 g/mol. The highest BCUT2D eigenvalue weighted by atomic mass is 16.3. The molecule has 0 unspecified atom stereocenters. The van der Waals surface area contributed by atoms with Crippen molar-refractivity contribution in [2.45, 2.75) is 101 Å². The SMILES string of the molecule is CC1=C[C@@H](O)CC(C)(C)[C@@H]1\C=C/C(C)=C/C=C/C(C)=C\C=C/C=C(C)/C=C/C=C(C)/C=C/C1=C(C)C[C@@H](O)CC1(C)C. The lowest BCUT2D eigenvalue weighted by Crippen LogP contribution is -2.32. The summed E-state index contributed by atoms with van der Waals surface area (Å²) >= 11 is 0. The maximum atomic E-state index is 10.1. The van der Waals surface area contributed by atoms with Gasteiger partial charge in [-0.3, -0.25) is 0 Å². The number of hydrogen-bond donors (Lipinski definition) is 2. The molecule has 2 rings (SSSR count). The predicted octanol–water partition coefficient (Wildman–Crippen LogP) is 10.4. The summed E-state index contributed by atoms with van der Waals surface area (Å²) in [7, 11) is 0. The van der Waals surface area contributed by atoms with Crippen LogP contribution in [0.5, 0.6) is 0 Å². The maximum Gasteiger partial charge on any atom is 0.0729 e. The van der Waals surface area contributed by atoms with Crippen LogP contribution in [0, 0.1) is 16.7 Å². The largest absolute Gasteiger partial charge is 0.393 e. The van der Waals surface area contributed by atoms with Crippen LogP contribution < -0.4 is 0 Å². The molecule has 0 aromatic heterocycles. The Morgan fingerprint density at radius 2 is 1.21 bits per heavy atom. The fraction of sp³-hybridized carbons (Fsp3) is 0.450. The molecule has 42 heavy (non-hydrogen) atoms. The maximum absolute atomic E-state index is 10.1. The van der Waals surface area contributed by atoms with Gasteiger partial charge in [0.25, 0.3) is 0 Å². The minimum Gasteiger partial charge on any atom is -0.393 e. The molecular formula is C40H56O2. The van der Waals surface area contributed by atoms with Gasteiger partial charge in [0, 0.05) is 5.92 Å². The lowest BCUT2D eigenvalue weighted by atomic mass is 9.67. The molecule has 3 atom stereocenters. The molecule has 0 saturated carbocycles. The van der Waals surface area contributed by atoms with Crippen LogP contribution in [0.1, 0.15) is 88.5 Å². The Bertz CT molecular complexity index is 1270. The van der Waals surface area contributed by atoms with Crippen molar-refractivity contribution < 1.29 is 10.2 Å². The zero-order valence-electron chi connectivity index (χ0n) is 27.9. The summed E-state index contributed by atoms with van der Waals surface area (Å²) in [5, 5.41) is 20.2. The van der Waals surface area contributed by atoms with Gasteiger partial charge in [-0.05, 0) is 77.2 Å². The van der Waals surface area contributed by atoms with E-state index in [0.717, 1.165) is 19.3 Å². The molecule has 2 heteroatoms. The van der Waals surface area contributed by atoms with E-state index >= 15 is 0 Å². The second-order valence-corrected chi connectivity index (χ2v) is 13.7. The fourth-order valence-corrected chi connectivity index (χ4v) is 6.14. The minimum absolute atomic E-state index is 0.00528. The van der Waals surface area contributed by atoms with Gasteiger partial charge in [0.1, 0.15) is 0 Å². The van der Waals surface area contributed by atoms with Gasteiger partial charge in [0.05, 0.1) is 12.2 Å². The van der Waals surface area contributed by atoms with Crippen LogP contribution in [-0.2, 0) is 0 Å². The normalized spacial score (nSPS) is 26.6. The second kappa shape index (κ2) is 16.1. The summed E-state index contributed by atoms with van der Waals surface area (Å²) in [4.78, 5) is 0. The zero-order chi connectivity index (χ0) is 31.5. The Morgan fingerprint density at radius 3 is 1.74 bits per heavy atom. The average Bonchev–Trinajstić information content (AvgIpc) is 2.84. The smallest absolute Gasteiger partial charge is 0.0729 e. The van der Waals surface area contributed by atoms with Crippen molar-refractivity contribution in [3.63, 3.8) is 0 Å². The van der Waals surface area contributed by atoms with Gasteiger partial charge in [0.2, 0.25) is 0 Å². The molecule has 0 aromatic rings. The van der Waals surface area contributed by atoms with E-state index in [2.05, 4.69) is 154 Å². The lowest BCUT2D eigenvalue weighted by molar-refractivity contribution is 0.116. The molecule has 0 amide bonds. The van der Waals surface area contributed by atoms with Crippen molar-refractivity contribution in [3.8, 4) is 0 Å². The third-order valence-electron chi connectivity index (χ3n) is 8.33. The van der Waals surface area contributed by atoms with Crippen molar-refractivity contribution >= 4 is 0 Å². The summed E-state index contributed by atoms with van der Waals surface area (Å²) in [5.74, 6) is 0.348. The molecule has 0 fully saturated rings. The Balaban J connectivity index is 1.90. The number of rotatable bonds is 10. The minimum atomic E-state index is -0.331. The van der Waals surface area contributed by atoms with E-state index in [1.165, 1.54) is 39.0 Å². The Labute approximate surface area is 257 Å². The molecule has 0 aliphatic heterocycles. The molecule has 228 valence electrons. The molecule has 0 heterocycles. The molecule has 0 bridgehead atoms. The van der Waals surface area contributed by atoms with Gasteiger partial charge in [-0.25, -0.2) is 0 Å². The molecule has 0 saturated heterocycles. The molecule has 2 nitrogen and oxygen atoms in total. The summed E-state index contributed by atoms with van der Waals surface area (Å²) in [6.45, 7) is 21.6. The monoisotopic (exact) mass is 568 g/mol. The van der Waals surface area contributed by atoms with Crippen molar-refractivity contribution in [2.24, 2.45) is 16.7 Å². The number of hydrogen-bond acceptors (Lipinski definition) is 2. The molecule has 2 aliphatic rings. The Morgan fingerprint density at radius 1 is 0.714 bits per heavy atom. The van der Waals surface area contributed by atoms with Crippen molar-refractivity contribution in [2.75, 3.05) is 0 Å². The van der Waals surface area contributed by atoms with E-state index in [0.29, 0.717) is 5.92 Å². The van der Waals surface area contributed by atoms with Crippen LogP contribution in [-0.4, -0.2) is 22.4 Å². The Hall–Kier alpha value is -2.94. The van der Waals surface area contributed by atoms with E-state index in [9.17, 15) is 10.2 Å². The summed E-state index contributed by atoms with van der Waals surface area (Å²) in [5.41, 5.74) is 8.73. The van der Waals surface area contributed by atoms with Gasteiger partial charge in [-0.1, -0.05) is 152 Å². The van der Waals surface area contributed by atoms with Gasteiger partial charge < -0.3 is 10.2 Å². The average molecular weight is 569 g/mol. The first kappa shape index (κ1) is 35.3. The Kier molecular flexibility index (Phi) is 13.5. The van der Waals surface area contributed by atoms with Crippen LogP contribution >= 0.6 is 0 Å². The highest BCUT2D eigenvalue weighted by Gasteiger charge is 2.34. The van der Waals surface area contributed by atoms with Crippen LogP contribution in [0.4, 0.5) is 0 Å². The fourth-order valence-electron chi connectivity index (χ4n) is 6.14. The number of allylic oxidation sites excluding steroid dienone is 20. The van der Waals surface area contributed by atoms with E-state index in [1.54, 1.807) is 0 Å². The van der Waals surface area contributed by atoms with Crippen LogP contribution in [0.25, 0.3) is 0 Å². The zero-order valence-corrected chi connectivity index (χ0v) is 27.9. The standard InChI is InChI=1S/C40H56O2/c1-29(17-13-19-31(3)21-23-37-33(5)25-35(41)27-39(37,7)8)15-11-12-16-30(2)18-14-20-32(4)22-24-38-34(6)26-36(42)28-40(38,9)10/h11-25,35-37,41-42H,26-28H2,1-10H3/b12-11-,17-13+,18-14+,23-21-,24-22+,29-15-,30-16+,31-19+,32-20+/t35-,36-,37-/m1/s1. The predicted molar refractivity (Wildman–Crippen MR) is 184 cm³/mol. The topological polar surface area (TPSA) is 40.5 Å². The first-order chi connectivity index (χ1) is 19.6. The third kappa shape index (κ3) is 11.7. The van der Waals surface area contributed by atoms with E-state index < -0.39 is 0 Å². The van der Waals surface area contributed by atoms with Gasteiger partial charge >= 0.3 is 0 Å². The van der Waals surface area contributed by atoms with E-state index in [-0.39, 0.29) is 23.0 Å². The molecule has 2 aliphatic carbocycles. The van der Waals surface area contributed by atoms with Crippen LogP contribution in [0.3, 0.4) is 0 Å². The van der Waals surface area contributed by atoms with Gasteiger partial charge in [-0.2, -0.15) is 0 Å². The third-order valence-corrected chi connectivity index (χ3v) is 8.33. The lowest BCUT2D eigenvalue weighted by Gasteiger charge is -2.38. The highest BCUT2D eigenvalue weighted by Crippen LogP contribution is 2.42. The molecule has 0 aromatic carbocycles. The van der Waals surface area contributed by atoms with Crippen LogP contribution in [0.2, 0.25) is 0 Å². The highest BCUT2D eigenvalue weighted by molar-refractivity contribution is 5.38.